The van der Waals surface area contributed by atoms with E-state index in [0.717, 1.165) is 19.3 Å². The zero-order valence-corrected chi connectivity index (χ0v) is 16.0. The maximum absolute atomic E-state index is 11.7. The number of hydrogen-bond acceptors (Lipinski definition) is 6. The quantitative estimate of drug-likeness (QED) is 0.201. The van der Waals surface area contributed by atoms with Crippen LogP contribution in [-0.4, -0.2) is 23.5 Å². The molecule has 0 aliphatic rings. The molecule has 0 unspecified atom stereocenters. The van der Waals surface area contributed by atoms with Crippen LogP contribution >= 0.6 is 0 Å². The summed E-state index contributed by atoms with van der Waals surface area (Å²) in [5, 5.41) is 10.9. The highest BCUT2D eigenvalue weighted by Gasteiger charge is 2.15. The molecule has 1 aromatic rings. The van der Waals surface area contributed by atoms with Crippen molar-refractivity contribution in [1.82, 2.24) is 0 Å². The predicted molar refractivity (Wildman–Crippen MR) is 101 cm³/mol. The number of unbranched alkanes of at least 4 members (excludes halogenated alkanes) is 6. The fraction of sp³-hybridized carbons (Fsp3) is 0.600. The topological polar surface area (TPSA) is 95.7 Å². The Morgan fingerprint density at radius 1 is 0.926 bits per heavy atom. The van der Waals surface area contributed by atoms with Gasteiger partial charge in [0.2, 0.25) is 0 Å². The number of nitrogens with zero attached hydrogens (tertiary/aromatic N) is 1. The van der Waals surface area contributed by atoms with Crippen LogP contribution in [0.4, 0.5) is 5.69 Å². The summed E-state index contributed by atoms with van der Waals surface area (Å²) >= 11 is 0. The second-order valence-corrected chi connectivity index (χ2v) is 6.39. The van der Waals surface area contributed by atoms with Crippen molar-refractivity contribution in [3.8, 4) is 0 Å². The van der Waals surface area contributed by atoms with Gasteiger partial charge in [-0.2, -0.15) is 0 Å². The van der Waals surface area contributed by atoms with Crippen LogP contribution in [0.1, 0.15) is 70.3 Å². The van der Waals surface area contributed by atoms with Gasteiger partial charge in [-0.05, 0) is 12.5 Å². The van der Waals surface area contributed by atoms with Crippen molar-refractivity contribution >= 4 is 17.6 Å². The van der Waals surface area contributed by atoms with Crippen LogP contribution < -0.4 is 0 Å². The third-order valence-electron chi connectivity index (χ3n) is 4.12. The molecular formula is C20H29NO6. The Hall–Kier alpha value is -2.44. The van der Waals surface area contributed by atoms with E-state index in [1.807, 2.05) is 0 Å². The first-order chi connectivity index (χ1) is 13.0. The number of benzene rings is 1. The summed E-state index contributed by atoms with van der Waals surface area (Å²) in [7, 11) is 0. The molecule has 1 aromatic carbocycles. The first-order valence-corrected chi connectivity index (χ1v) is 9.58. The number of para-hydroxylation sites is 1. The van der Waals surface area contributed by atoms with Crippen molar-refractivity contribution in [1.29, 1.82) is 0 Å². The molecule has 0 heterocycles. The van der Waals surface area contributed by atoms with E-state index in [0.29, 0.717) is 12.2 Å². The normalized spacial score (nSPS) is 10.4. The Kier molecular flexibility index (Phi) is 11.5. The first-order valence-electron chi connectivity index (χ1n) is 9.58. The van der Waals surface area contributed by atoms with Gasteiger partial charge in [0.1, 0.15) is 6.61 Å². The van der Waals surface area contributed by atoms with E-state index in [9.17, 15) is 19.7 Å². The van der Waals surface area contributed by atoms with E-state index >= 15 is 0 Å². The van der Waals surface area contributed by atoms with E-state index in [2.05, 4.69) is 6.92 Å². The van der Waals surface area contributed by atoms with Crippen LogP contribution in [0.3, 0.4) is 0 Å². The number of ether oxygens (including phenoxy) is 2. The molecule has 0 radical (unpaired) electrons. The van der Waals surface area contributed by atoms with Gasteiger partial charge in [-0.1, -0.05) is 57.6 Å². The Morgan fingerprint density at radius 3 is 2.19 bits per heavy atom. The molecular weight excluding hydrogens is 350 g/mol. The van der Waals surface area contributed by atoms with Crippen molar-refractivity contribution in [2.45, 2.75) is 71.3 Å². The van der Waals surface area contributed by atoms with E-state index in [1.165, 1.54) is 37.8 Å². The molecule has 7 heteroatoms. The van der Waals surface area contributed by atoms with Gasteiger partial charge in [0.25, 0.3) is 5.69 Å². The number of carbonyl (C=O) groups is 2. The minimum atomic E-state index is -0.582. The second-order valence-electron chi connectivity index (χ2n) is 6.39. The van der Waals surface area contributed by atoms with Gasteiger partial charge in [0.05, 0.1) is 29.9 Å². The first kappa shape index (κ1) is 22.6. The second kappa shape index (κ2) is 13.7. The molecule has 0 aromatic heterocycles. The van der Waals surface area contributed by atoms with Crippen LogP contribution in [-0.2, 0) is 25.7 Å². The van der Waals surface area contributed by atoms with Gasteiger partial charge >= 0.3 is 11.9 Å². The highest BCUT2D eigenvalue weighted by atomic mass is 16.6. The molecule has 0 aliphatic carbocycles. The average Bonchev–Trinajstić information content (AvgIpc) is 2.67. The van der Waals surface area contributed by atoms with Gasteiger partial charge in [0, 0.05) is 6.07 Å². The number of esters is 2. The third-order valence-corrected chi connectivity index (χ3v) is 4.12. The van der Waals surface area contributed by atoms with E-state index < -0.39 is 16.9 Å². The molecule has 0 spiro atoms. The van der Waals surface area contributed by atoms with Gasteiger partial charge in [-0.15, -0.1) is 0 Å². The number of nitro benzene ring substituents is 1. The number of carbonyl (C=O) groups excluding carboxylic acids is 2. The molecule has 0 fully saturated rings. The van der Waals surface area contributed by atoms with Crippen LogP contribution in [0.25, 0.3) is 0 Å². The van der Waals surface area contributed by atoms with Crippen LogP contribution in [0.15, 0.2) is 24.3 Å². The van der Waals surface area contributed by atoms with E-state index in [4.69, 9.17) is 9.47 Å². The van der Waals surface area contributed by atoms with Crippen LogP contribution in [0, 0.1) is 10.1 Å². The summed E-state index contributed by atoms with van der Waals surface area (Å²) in [6.45, 7) is 2.36. The maximum Gasteiger partial charge on any atom is 0.306 e. The lowest BCUT2D eigenvalue weighted by Gasteiger charge is -2.06. The molecule has 0 amide bonds. The van der Waals surface area contributed by atoms with Crippen molar-refractivity contribution in [2.24, 2.45) is 0 Å². The lowest BCUT2D eigenvalue weighted by molar-refractivity contribution is -0.385. The zero-order chi connectivity index (χ0) is 19.9. The summed E-state index contributed by atoms with van der Waals surface area (Å²) < 4.78 is 10.1. The molecule has 1 rings (SSSR count). The number of rotatable bonds is 14. The Labute approximate surface area is 160 Å². The average molecular weight is 379 g/mol. The molecule has 0 saturated heterocycles. The Balaban J connectivity index is 2.12. The zero-order valence-electron chi connectivity index (χ0n) is 16.0. The summed E-state index contributed by atoms with van der Waals surface area (Å²) in [5.74, 6) is -1.01. The lowest BCUT2D eigenvalue weighted by atomic mass is 10.1. The standard InChI is InChI=1S/C20H29NO6/c1-2-3-4-5-6-7-10-15-26-19(22)13-14-20(23)27-16-17-11-8-9-12-18(17)21(24)25/h8-9,11-12H,2-7,10,13-16H2,1H3. The van der Waals surface area contributed by atoms with Crippen molar-refractivity contribution in [3.63, 3.8) is 0 Å². The molecule has 7 nitrogen and oxygen atoms in total. The summed E-state index contributed by atoms with van der Waals surface area (Å²) in [6.07, 6.45) is 7.83. The monoisotopic (exact) mass is 379 g/mol. The molecule has 0 bridgehead atoms. The van der Waals surface area contributed by atoms with E-state index in [-0.39, 0.29) is 25.1 Å². The van der Waals surface area contributed by atoms with Gasteiger partial charge in [0.15, 0.2) is 0 Å². The van der Waals surface area contributed by atoms with Gasteiger partial charge < -0.3 is 9.47 Å². The number of hydrogen-bond donors (Lipinski definition) is 0. The smallest absolute Gasteiger partial charge is 0.306 e. The summed E-state index contributed by atoms with van der Waals surface area (Å²) in [6, 6.07) is 6.06. The predicted octanol–water partition coefficient (Wildman–Crippen LogP) is 4.71. The minimum Gasteiger partial charge on any atom is -0.466 e. The molecule has 150 valence electrons. The fourth-order valence-electron chi connectivity index (χ4n) is 2.56. The van der Waals surface area contributed by atoms with Crippen LogP contribution in [0.5, 0.6) is 0 Å². The maximum atomic E-state index is 11.7. The van der Waals surface area contributed by atoms with Crippen molar-refractivity contribution in [3.05, 3.63) is 39.9 Å². The summed E-state index contributed by atoms with van der Waals surface area (Å²) in [4.78, 5) is 33.7. The number of nitro groups is 1. The molecule has 0 atom stereocenters. The van der Waals surface area contributed by atoms with Crippen molar-refractivity contribution < 1.29 is 24.0 Å². The Morgan fingerprint density at radius 2 is 1.52 bits per heavy atom. The SMILES string of the molecule is CCCCCCCCCOC(=O)CCC(=O)OCc1ccccc1[N+](=O)[O-]. The largest absolute Gasteiger partial charge is 0.466 e. The van der Waals surface area contributed by atoms with Crippen LogP contribution in [0.2, 0.25) is 0 Å². The van der Waals surface area contributed by atoms with Gasteiger partial charge in [-0.3, -0.25) is 19.7 Å². The third kappa shape index (κ3) is 10.3. The Bertz CT molecular complexity index is 602. The molecule has 0 aliphatic heterocycles. The summed E-state index contributed by atoms with van der Waals surface area (Å²) in [5.41, 5.74) is 0.219. The van der Waals surface area contributed by atoms with Gasteiger partial charge in [-0.25, -0.2) is 0 Å². The molecule has 27 heavy (non-hydrogen) atoms. The highest BCUT2D eigenvalue weighted by Crippen LogP contribution is 2.18. The minimum absolute atomic E-state index is 0.0494. The van der Waals surface area contributed by atoms with Crippen molar-refractivity contribution in [2.75, 3.05) is 6.61 Å². The highest BCUT2D eigenvalue weighted by molar-refractivity contribution is 5.77. The fourth-order valence-corrected chi connectivity index (χ4v) is 2.56. The van der Waals surface area contributed by atoms with E-state index in [1.54, 1.807) is 12.1 Å². The molecule has 0 saturated carbocycles. The lowest BCUT2D eigenvalue weighted by Crippen LogP contribution is -2.11. The molecule has 0 N–H and O–H groups in total.